The first kappa shape index (κ1) is 52.9. The van der Waals surface area contributed by atoms with Crippen LogP contribution in [0, 0.1) is 13.8 Å². The lowest BCUT2D eigenvalue weighted by Crippen LogP contribution is -2.49. The van der Waals surface area contributed by atoms with E-state index < -0.39 is 29.7 Å². The number of imidazole rings is 2. The summed E-state index contributed by atoms with van der Waals surface area (Å²) < 4.78 is 22.8. The predicted molar refractivity (Wildman–Crippen MR) is 272 cm³/mol. The number of ether oxygens (including phenoxy) is 3. The summed E-state index contributed by atoms with van der Waals surface area (Å²) in [6.45, 7) is 7.40. The number of hydrogen-bond acceptors (Lipinski definition) is 13. The molecule has 0 saturated carbocycles. The van der Waals surface area contributed by atoms with E-state index in [2.05, 4.69) is 21.0 Å². The Bertz CT molecular complexity index is 3010. The summed E-state index contributed by atoms with van der Waals surface area (Å²) in [5, 5.41) is 13.4. The number of benzene rings is 3. The fraction of sp³-hybridized carbons (Fsp3) is 0.353. The minimum atomic E-state index is -0.901. The number of primary amides is 1. The maximum atomic E-state index is 14.0. The van der Waals surface area contributed by atoms with Crippen molar-refractivity contribution in [2.45, 2.75) is 65.7 Å². The second kappa shape index (κ2) is 24.4. The van der Waals surface area contributed by atoms with Crippen LogP contribution >= 0.6 is 0 Å². The van der Waals surface area contributed by atoms with Crippen LogP contribution in [-0.2, 0) is 45.2 Å². The Balaban J connectivity index is 1.17. The van der Waals surface area contributed by atoms with E-state index in [9.17, 15) is 28.8 Å². The van der Waals surface area contributed by atoms with Gasteiger partial charge in [0.1, 0.15) is 46.3 Å². The molecule has 0 aliphatic rings. The Morgan fingerprint density at radius 3 is 2.18 bits per heavy atom. The third kappa shape index (κ3) is 12.8. The van der Waals surface area contributed by atoms with Gasteiger partial charge >= 0.3 is 0 Å². The second-order valence-electron chi connectivity index (χ2n) is 16.9. The smallest absolute Gasteiger partial charge is 0.276 e. The quantitative estimate of drug-likeness (QED) is 0.0268. The lowest BCUT2D eigenvalue weighted by Gasteiger charge is -2.25. The Morgan fingerprint density at radius 1 is 0.847 bits per heavy atom. The number of aldehydes is 1. The molecule has 380 valence electrons. The minimum Gasteiger partial charge on any atom is -0.497 e. The van der Waals surface area contributed by atoms with Crippen LogP contribution in [-0.4, -0.2) is 136 Å². The highest BCUT2D eigenvalue weighted by molar-refractivity contribution is 6.04. The Kier molecular flexibility index (Phi) is 17.9. The largest absolute Gasteiger partial charge is 0.497 e. The molecule has 6 aromatic rings. The number of nitrogens with zero attached hydrogens (tertiary/aromatic N) is 8. The average molecular weight is 987 g/mol. The van der Waals surface area contributed by atoms with Crippen LogP contribution in [0.2, 0.25) is 0 Å². The van der Waals surface area contributed by atoms with E-state index >= 15 is 0 Å². The third-order valence-electron chi connectivity index (χ3n) is 11.8. The molecule has 21 nitrogen and oxygen atoms in total. The highest BCUT2D eigenvalue weighted by Gasteiger charge is 2.26. The summed E-state index contributed by atoms with van der Waals surface area (Å²) in [5.74, 6) is 0.212. The number of anilines is 2. The van der Waals surface area contributed by atoms with Crippen LogP contribution in [0.1, 0.15) is 57.4 Å². The van der Waals surface area contributed by atoms with Gasteiger partial charge in [-0.2, -0.15) is 5.10 Å². The third-order valence-corrected chi connectivity index (χ3v) is 11.8. The molecule has 5 amide bonds. The van der Waals surface area contributed by atoms with Crippen LogP contribution in [0.15, 0.2) is 78.9 Å². The summed E-state index contributed by atoms with van der Waals surface area (Å²) in [5.41, 5.74) is 11.0. The van der Waals surface area contributed by atoms with Crippen molar-refractivity contribution in [1.82, 2.24) is 44.0 Å². The molecule has 1 unspecified atom stereocenters. The van der Waals surface area contributed by atoms with Gasteiger partial charge in [-0.25, -0.2) is 9.97 Å². The maximum Gasteiger partial charge on any atom is 0.276 e. The molecule has 0 aliphatic carbocycles. The van der Waals surface area contributed by atoms with Gasteiger partial charge in [-0.3, -0.25) is 38.8 Å². The molecule has 0 radical (unpaired) electrons. The van der Waals surface area contributed by atoms with Crippen LogP contribution in [0.25, 0.3) is 22.1 Å². The van der Waals surface area contributed by atoms with E-state index in [0.29, 0.717) is 83.5 Å². The molecule has 5 N–H and O–H groups in total. The number of likely N-dealkylation sites (N-methyl/N-ethyl adjacent to an activating group) is 2. The van der Waals surface area contributed by atoms with Gasteiger partial charge < -0.3 is 49.5 Å². The molecule has 3 heterocycles. The van der Waals surface area contributed by atoms with E-state index in [1.165, 1.54) is 19.1 Å². The number of aromatic nitrogens is 6. The SMILES string of the molecule is CCn1nc(C)cc1C(=O)Nc1nc2cc(C(N)=O)cc(OC)c2n1C/C=C/Cn1c(NC)nc2cc(C)cc(OCCCN(C)C(=O)C(Cc3ccc(OC)cc3)NC(=O)CCN(C)C(=O)/C=C\C=O)c21. The highest BCUT2D eigenvalue weighted by Crippen LogP contribution is 2.33. The molecule has 3 aromatic carbocycles. The molecule has 1 atom stereocenters. The Morgan fingerprint density at radius 2 is 1.53 bits per heavy atom. The van der Waals surface area contributed by atoms with Crippen LogP contribution < -0.4 is 35.9 Å². The lowest BCUT2D eigenvalue weighted by atomic mass is 10.0. The van der Waals surface area contributed by atoms with Crippen molar-refractivity contribution < 1.29 is 43.0 Å². The number of fused-ring (bicyclic) bond motifs is 2. The molecule has 72 heavy (non-hydrogen) atoms. The molecule has 0 saturated heterocycles. The number of rotatable bonds is 25. The molecule has 0 bridgehead atoms. The number of carbonyl (C=O) groups excluding carboxylic acids is 6. The molecule has 0 aliphatic heterocycles. The number of hydrogen-bond donors (Lipinski definition) is 4. The zero-order valence-electron chi connectivity index (χ0n) is 41.9. The predicted octanol–water partition coefficient (Wildman–Crippen LogP) is 4.44. The zero-order chi connectivity index (χ0) is 52.1. The van der Waals surface area contributed by atoms with Crippen molar-refractivity contribution in [3.8, 4) is 17.2 Å². The second-order valence-corrected chi connectivity index (χ2v) is 16.9. The molecular weight excluding hydrogens is 925 g/mol. The maximum absolute atomic E-state index is 14.0. The van der Waals surface area contributed by atoms with Crippen LogP contribution in [0.5, 0.6) is 17.2 Å². The summed E-state index contributed by atoms with van der Waals surface area (Å²) in [7, 11) is 8.02. The Labute approximate surface area is 417 Å². The summed E-state index contributed by atoms with van der Waals surface area (Å²) >= 11 is 0. The normalized spacial score (nSPS) is 11.8. The van der Waals surface area contributed by atoms with E-state index in [1.54, 1.807) is 65.7 Å². The van der Waals surface area contributed by atoms with Gasteiger partial charge in [-0.05, 0) is 86.9 Å². The first-order chi connectivity index (χ1) is 34.6. The number of methoxy groups -OCH3 is 2. The molecule has 0 fully saturated rings. The van der Waals surface area contributed by atoms with Gasteiger partial charge in [0.05, 0.1) is 37.6 Å². The van der Waals surface area contributed by atoms with Crippen molar-refractivity contribution in [3.63, 3.8) is 0 Å². The summed E-state index contributed by atoms with van der Waals surface area (Å²) in [6, 6.07) is 15.0. The number of aryl methyl sites for hydroxylation is 3. The standard InChI is InChI=1S/C51H62N12O9/c1-9-63-40(28-33(3)58-63)48(68)57-51-56-38-30-35(47(52)67)31-41(71-8)45(38)62(51)22-11-10-21-61-46-37(55-50(61)53-4)26-32(2)27-42(46)72-25-13-20-60(6)49(69)39(29-34-15-17-36(70-7)18-16-34)54-43(65)19-23-59(5)44(66)14-12-24-64/h10-12,14-18,24,26-28,30-31,39H,9,13,19-23,25,29H2,1-8H3,(H2,52,67)(H,53,55)(H,54,65)(H,56,57,68)/b11-10+,14-12-. The van der Waals surface area contributed by atoms with Crippen molar-refractivity contribution in [3.05, 3.63) is 107 Å². The van der Waals surface area contributed by atoms with Crippen molar-refractivity contribution in [2.75, 3.05) is 65.7 Å². The topological polar surface area (TPSA) is 252 Å². The highest BCUT2D eigenvalue weighted by atomic mass is 16.5. The number of nitrogens with one attached hydrogen (secondary N) is 3. The van der Waals surface area contributed by atoms with Gasteiger partial charge in [0.2, 0.25) is 35.5 Å². The van der Waals surface area contributed by atoms with Crippen molar-refractivity contribution in [2.24, 2.45) is 5.73 Å². The minimum absolute atomic E-state index is 0.0566. The van der Waals surface area contributed by atoms with Gasteiger partial charge in [0, 0.05) is 78.3 Å². The van der Waals surface area contributed by atoms with E-state index in [4.69, 9.17) is 29.9 Å². The van der Waals surface area contributed by atoms with Crippen molar-refractivity contribution >= 4 is 69.8 Å². The van der Waals surface area contributed by atoms with Gasteiger partial charge in [0.15, 0.2) is 0 Å². The Hall–Kier alpha value is -8.49. The van der Waals surface area contributed by atoms with Gasteiger partial charge in [-0.15, -0.1) is 0 Å². The molecule has 3 aromatic heterocycles. The van der Waals surface area contributed by atoms with Crippen LogP contribution in [0.4, 0.5) is 11.9 Å². The fourth-order valence-electron chi connectivity index (χ4n) is 8.09. The van der Waals surface area contributed by atoms with E-state index in [-0.39, 0.29) is 50.0 Å². The average Bonchev–Trinajstić information content (AvgIpc) is 4.05. The van der Waals surface area contributed by atoms with Crippen LogP contribution in [0.3, 0.4) is 0 Å². The van der Waals surface area contributed by atoms with E-state index in [0.717, 1.165) is 28.8 Å². The van der Waals surface area contributed by atoms with Gasteiger partial charge in [0.25, 0.3) is 5.91 Å². The molecule has 6 rings (SSSR count). The van der Waals surface area contributed by atoms with Crippen molar-refractivity contribution in [1.29, 1.82) is 0 Å². The first-order valence-corrected chi connectivity index (χ1v) is 23.3. The fourth-order valence-corrected chi connectivity index (χ4v) is 8.09. The number of allylic oxidation sites excluding steroid dienone is 3. The molecular formula is C51H62N12O9. The number of amides is 5. The van der Waals surface area contributed by atoms with Gasteiger partial charge in [-0.1, -0.05) is 24.3 Å². The monoisotopic (exact) mass is 986 g/mol. The lowest BCUT2D eigenvalue weighted by molar-refractivity contribution is -0.135. The summed E-state index contributed by atoms with van der Waals surface area (Å²) in [6.07, 6.45) is 7.20. The first-order valence-electron chi connectivity index (χ1n) is 23.3. The molecule has 0 spiro atoms. The zero-order valence-corrected chi connectivity index (χ0v) is 41.9. The molecule has 21 heteroatoms. The summed E-state index contributed by atoms with van der Waals surface area (Å²) in [4.78, 5) is 88.4. The van der Waals surface area contributed by atoms with E-state index in [1.807, 2.05) is 61.8 Å². The number of nitrogens with two attached hydrogens (primary N) is 1. The number of carbonyl (C=O) groups is 6.